The van der Waals surface area contributed by atoms with Gasteiger partial charge in [-0.1, -0.05) is 0 Å². The third-order valence-electron chi connectivity index (χ3n) is 1.99. The lowest BCUT2D eigenvalue weighted by Crippen LogP contribution is -2.04. The van der Waals surface area contributed by atoms with Crippen molar-refractivity contribution in [2.45, 2.75) is 0 Å². The molecule has 2 heterocycles. The van der Waals surface area contributed by atoms with E-state index in [1.54, 1.807) is 0 Å². The molecule has 0 aromatic carbocycles. The maximum absolute atomic E-state index is 10.9. The number of carbonyl (C=O) groups is 1. The van der Waals surface area contributed by atoms with E-state index in [2.05, 4.69) is 15.2 Å². The average Bonchev–Trinajstić information content (AvgIpc) is 2.40. The molecule has 0 aliphatic rings. The Labute approximate surface area is 101 Å². The first-order chi connectivity index (χ1) is 8.72. The molecule has 7 heteroatoms. The van der Waals surface area contributed by atoms with Crippen LogP contribution in [0.25, 0.3) is 0 Å². The summed E-state index contributed by atoms with van der Waals surface area (Å²) in [6.45, 7) is 0. The number of carboxylic acids is 1. The fourth-order valence-electron chi connectivity index (χ4n) is 1.22. The quantitative estimate of drug-likeness (QED) is 0.861. The minimum absolute atomic E-state index is 0.00185. The minimum Gasteiger partial charge on any atom is -0.476 e. The largest absolute Gasteiger partial charge is 0.476 e. The Hall–Kier alpha value is -3.01. The monoisotopic (exact) mass is 242 g/mol. The van der Waals surface area contributed by atoms with Crippen LogP contribution in [-0.4, -0.2) is 26.3 Å². The first kappa shape index (κ1) is 11.5. The van der Waals surface area contributed by atoms with Crippen molar-refractivity contribution in [3.8, 4) is 17.7 Å². The van der Waals surface area contributed by atoms with Gasteiger partial charge in [-0.05, 0) is 18.2 Å². The lowest BCUT2D eigenvalue weighted by molar-refractivity contribution is 0.0687. The summed E-state index contributed by atoms with van der Waals surface area (Å²) < 4.78 is 5.25. The second-order valence-corrected chi connectivity index (χ2v) is 3.12. The molecular formula is C11H6N4O3. The molecule has 0 fully saturated rings. The normalized spacial score (nSPS) is 9.50. The lowest BCUT2D eigenvalue weighted by Gasteiger charge is -2.06. The van der Waals surface area contributed by atoms with Crippen LogP contribution in [0.1, 0.15) is 16.1 Å². The number of aromatic nitrogens is 3. The smallest absolute Gasteiger partial charge is 0.358 e. The highest BCUT2D eigenvalue weighted by molar-refractivity contribution is 5.88. The van der Waals surface area contributed by atoms with Gasteiger partial charge in [0.25, 0.3) is 5.88 Å². The maximum atomic E-state index is 10.9. The molecule has 0 amide bonds. The standard InChI is InChI=1S/C11H6N4O3/c12-6-7-3-5-14-15-10(7)18-8-2-1-4-13-9(8)11(16)17/h1-5H,(H,16,17). The molecule has 0 atom stereocenters. The summed E-state index contributed by atoms with van der Waals surface area (Å²) in [5.41, 5.74) is -0.0998. The number of rotatable bonds is 3. The van der Waals surface area contributed by atoms with Crippen molar-refractivity contribution >= 4 is 5.97 Å². The van der Waals surface area contributed by atoms with Crippen LogP contribution in [0.4, 0.5) is 0 Å². The van der Waals surface area contributed by atoms with Gasteiger partial charge in [-0.3, -0.25) is 0 Å². The summed E-state index contributed by atoms with van der Waals surface area (Å²) in [6, 6.07) is 6.23. The molecule has 1 N–H and O–H groups in total. The predicted molar refractivity (Wildman–Crippen MR) is 58.0 cm³/mol. The van der Waals surface area contributed by atoms with E-state index in [4.69, 9.17) is 15.1 Å². The Bertz CT molecular complexity index is 636. The van der Waals surface area contributed by atoms with Gasteiger partial charge in [-0.2, -0.15) is 10.4 Å². The van der Waals surface area contributed by atoms with Crippen molar-refractivity contribution in [3.05, 3.63) is 41.9 Å². The molecule has 2 aromatic heterocycles. The average molecular weight is 242 g/mol. The second-order valence-electron chi connectivity index (χ2n) is 3.12. The number of ether oxygens (including phenoxy) is 1. The Morgan fingerprint density at radius 1 is 1.39 bits per heavy atom. The molecule has 2 rings (SSSR count). The molecule has 2 aromatic rings. The van der Waals surface area contributed by atoms with Crippen LogP contribution in [0, 0.1) is 11.3 Å². The van der Waals surface area contributed by atoms with E-state index in [0.717, 1.165) is 0 Å². The molecule has 0 bridgehead atoms. The fraction of sp³-hybridized carbons (Fsp3) is 0. The number of aromatic carboxylic acids is 1. The van der Waals surface area contributed by atoms with Gasteiger partial charge >= 0.3 is 5.97 Å². The Morgan fingerprint density at radius 2 is 2.22 bits per heavy atom. The highest BCUT2D eigenvalue weighted by Crippen LogP contribution is 2.23. The van der Waals surface area contributed by atoms with Crippen molar-refractivity contribution in [2.75, 3.05) is 0 Å². The van der Waals surface area contributed by atoms with Crippen molar-refractivity contribution < 1.29 is 14.6 Å². The van der Waals surface area contributed by atoms with Gasteiger partial charge in [0.05, 0.1) is 6.20 Å². The number of hydrogen-bond donors (Lipinski definition) is 1. The minimum atomic E-state index is -1.23. The summed E-state index contributed by atoms with van der Waals surface area (Å²) >= 11 is 0. The summed E-state index contributed by atoms with van der Waals surface area (Å²) in [7, 11) is 0. The second kappa shape index (κ2) is 4.88. The lowest BCUT2D eigenvalue weighted by atomic mass is 10.3. The summed E-state index contributed by atoms with van der Waals surface area (Å²) in [6.07, 6.45) is 2.67. The number of hydrogen-bond acceptors (Lipinski definition) is 6. The van der Waals surface area contributed by atoms with Crippen LogP contribution >= 0.6 is 0 Å². The van der Waals surface area contributed by atoms with E-state index >= 15 is 0 Å². The van der Waals surface area contributed by atoms with E-state index in [0.29, 0.717) is 0 Å². The SMILES string of the molecule is N#Cc1ccnnc1Oc1cccnc1C(=O)O. The van der Waals surface area contributed by atoms with E-state index in [9.17, 15) is 4.79 Å². The summed E-state index contributed by atoms with van der Waals surface area (Å²) in [5, 5.41) is 25.0. The molecule has 18 heavy (non-hydrogen) atoms. The Kier molecular flexibility index (Phi) is 3.11. The van der Waals surface area contributed by atoms with E-state index in [1.165, 1.54) is 30.6 Å². The van der Waals surface area contributed by atoms with Crippen LogP contribution in [0.15, 0.2) is 30.6 Å². The number of nitriles is 1. The number of nitrogens with zero attached hydrogens (tertiary/aromatic N) is 4. The zero-order valence-electron chi connectivity index (χ0n) is 8.94. The van der Waals surface area contributed by atoms with Crippen molar-refractivity contribution in [2.24, 2.45) is 0 Å². The zero-order valence-corrected chi connectivity index (χ0v) is 8.94. The first-order valence-electron chi connectivity index (χ1n) is 4.80. The Morgan fingerprint density at radius 3 is 2.94 bits per heavy atom. The highest BCUT2D eigenvalue weighted by Gasteiger charge is 2.15. The van der Waals surface area contributed by atoms with E-state index in [1.807, 2.05) is 6.07 Å². The Balaban J connectivity index is 2.41. The van der Waals surface area contributed by atoms with Gasteiger partial charge in [-0.15, -0.1) is 5.10 Å². The summed E-state index contributed by atoms with van der Waals surface area (Å²) in [5.74, 6) is -1.29. The van der Waals surface area contributed by atoms with Crippen LogP contribution in [0.5, 0.6) is 11.6 Å². The highest BCUT2D eigenvalue weighted by atomic mass is 16.5. The van der Waals surface area contributed by atoms with Crippen LogP contribution in [0.2, 0.25) is 0 Å². The van der Waals surface area contributed by atoms with Gasteiger partial charge < -0.3 is 9.84 Å². The molecule has 88 valence electrons. The van der Waals surface area contributed by atoms with Gasteiger partial charge in [0.15, 0.2) is 11.4 Å². The topological polar surface area (TPSA) is 109 Å². The molecule has 0 saturated carbocycles. The predicted octanol–water partition coefficient (Wildman–Crippen LogP) is 1.23. The van der Waals surface area contributed by atoms with E-state index < -0.39 is 5.97 Å². The third kappa shape index (κ3) is 2.22. The fourth-order valence-corrected chi connectivity index (χ4v) is 1.22. The maximum Gasteiger partial charge on any atom is 0.358 e. The van der Waals surface area contributed by atoms with Crippen molar-refractivity contribution in [3.63, 3.8) is 0 Å². The van der Waals surface area contributed by atoms with Gasteiger partial charge in [0.1, 0.15) is 11.6 Å². The molecule has 0 radical (unpaired) electrons. The van der Waals surface area contributed by atoms with E-state index in [-0.39, 0.29) is 22.9 Å². The van der Waals surface area contributed by atoms with Crippen molar-refractivity contribution in [1.29, 1.82) is 5.26 Å². The van der Waals surface area contributed by atoms with Crippen LogP contribution in [0.3, 0.4) is 0 Å². The first-order valence-corrected chi connectivity index (χ1v) is 4.80. The molecule has 0 aliphatic heterocycles. The van der Waals surface area contributed by atoms with Crippen molar-refractivity contribution in [1.82, 2.24) is 15.2 Å². The zero-order chi connectivity index (χ0) is 13.0. The third-order valence-corrected chi connectivity index (χ3v) is 1.99. The molecule has 0 unspecified atom stereocenters. The number of carboxylic acid groups (broad SMARTS) is 1. The number of pyridine rings is 1. The molecular weight excluding hydrogens is 236 g/mol. The van der Waals surface area contributed by atoms with Gasteiger partial charge in [0, 0.05) is 6.20 Å². The van der Waals surface area contributed by atoms with Gasteiger partial charge in [0.2, 0.25) is 0 Å². The molecule has 0 aliphatic carbocycles. The molecule has 0 spiro atoms. The van der Waals surface area contributed by atoms with Crippen LogP contribution < -0.4 is 4.74 Å². The summed E-state index contributed by atoms with van der Waals surface area (Å²) in [4.78, 5) is 14.6. The molecule has 7 nitrogen and oxygen atoms in total. The van der Waals surface area contributed by atoms with Crippen LogP contribution in [-0.2, 0) is 0 Å². The van der Waals surface area contributed by atoms with Gasteiger partial charge in [-0.25, -0.2) is 9.78 Å². The molecule has 0 saturated heterocycles.